The molecule has 0 bridgehead atoms. The van der Waals surface area contributed by atoms with Gasteiger partial charge in [0.25, 0.3) is 5.91 Å². The van der Waals surface area contributed by atoms with Gasteiger partial charge in [0.05, 0.1) is 49.9 Å². The van der Waals surface area contributed by atoms with Gasteiger partial charge in [-0.05, 0) is 95.1 Å². The topological polar surface area (TPSA) is 95.4 Å². The van der Waals surface area contributed by atoms with Gasteiger partial charge in [-0.3, -0.25) is 9.59 Å². The van der Waals surface area contributed by atoms with Crippen molar-refractivity contribution in [1.29, 1.82) is 0 Å². The molecule has 280 valence electrons. The summed E-state index contributed by atoms with van der Waals surface area (Å²) in [4.78, 5) is 36.7. The molecule has 2 aliphatic heterocycles. The van der Waals surface area contributed by atoms with Crippen molar-refractivity contribution in [1.82, 2.24) is 19.4 Å². The molecule has 5 rings (SSSR count). The summed E-state index contributed by atoms with van der Waals surface area (Å²) in [6.07, 6.45) is 12.7. The SMILES string of the molecule is C/C=C\C=C/c1cnc(C(=O)C2CCN(CCC3(c4ccc(Cl)c(Cl)c4)CCN(C(=O)c4cc(OC)c(OC)c(OC)c4)C3)CC2)n1CCOCC. The second-order valence-electron chi connectivity index (χ2n) is 13.3. The Bertz CT molecular complexity index is 1740. The normalized spacial score (nSPS) is 18.5. The number of carbonyl (C=O) groups excluding carboxylic acids is 2. The molecule has 2 fully saturated rings. The number of allylic oxidation sites excluding steroid dienone is 3. The van der Waals surface area contributed by atoms with E-state index in [2.05, 4.69) is 9.88 Å². The minimum atomic E-state index is -0.334. The molecule has 0 N–H and O–H groups in total. The van der Waals surface area contributed by atoms with Gasteiger partial charge >= 0.3 is 0 Å². The van der Waals surface area contributed by atoms with Crippen molar-refractivity contribution >= 4 is 41.0 Å². The monoisotopic (exact) mass is 752 g/mol. The Labute approximate surface area is 317 Å². The van der Waals surface area contributed by atoms with Gasteiger partial charge in [0.15, 0.2) is 17.3 Å². The molecule has 12 heteroatoms. The largest absolute Gasteiger partial charge is 0.493 e. The van der Waals surface area contributed by atoms with Crippen LogP contribution in [0.5, 0.6) is 17.2 Å². The molecule has 10 nitrogen and oxygen atoms in total. The summed E-state index contributed by atoms with van der Waals surface area (Å²) >= 11 is 12.9. The maximum Gasteiger partial charge on any atom is 0.254 e. The predicted octanol–water partition coefficient (Wildman–Crippen LogP) is 7.61. The molecule has 1 atom stereocenters. The Morgan fingerprint density at radius 1 is 0.962 bits per heavy atom. The number of rotatable bonds is 16. The molecular formula is C40H50Cl2N4O6. The molecule has 2 aliphatic rings. The minimum absolute atomic E-state index is 0.0887. The summed E-state index contributed by atoms with van der Waals surface area (Å²) in [5.74, 6) is 1.67. The van der Waals surface area contributed by atoms with E-state index in [0.29, 0.717) is 71.5 Å². The molecule has 1 amide bonds. The van der Waals surface area contributed by atoms with Gasteiger partial charge in [0, 0.05) is 43.1 Å². The first kappa shape index (κ1) is 39.4. The van der Waals surface area contributed by atoms with Crippen LogP contribution in [0.2, 0.25) is 10.0 Å². The molecule has 0 aliphatic carbocycles. The lowest BCUT2D eigenvalue weighted by molar-refractivity contribution is 0.0777. The second-order valence-corrected chi connectivity index (χ2v) is 14.1. The molecular weight excluding hydrogens is 703 g/mol. The Hall–Kier alpha value is -3.83. The van der Waals surface area contributed by atoms with Crippen molar-refractivity contribution < 1.29 is 28.5 Å². The van der Waals surface area contributed by atoms with Crippen molar-refractivity contribution in [2.24, 2.45) is 5.92 Å². The van der Waals surface area contributed by atoms with Crippen LogP contribution >= 0.6 is 23.2 Å². The Morgan fingerprint density at radius 2 is 1.69 bits per heavy atom. The highest BCUT2D eigenvalue weighted by molar-refractivity contribution is 6.42. The zero-order valence-electron chi connectivity index (χ0n) is 30.8. The summed E-state index contributed by atoms with van der Waals surface area (Å²) in [6.45, 7) is 9.15. The van der Waals surface area contributed by atoms with Crippen molar-refractivity contribution in [3.63, 3.8) is 0 Å². The quantitative estimate of drug-likeness (QED) is 0.0839. The number of likely N-dealkylation sites (tertiary alicyclic amines) is 2. The maximum atomic E-state index is 14.0. The van der Waals surface area contributed by atoms with Crippen LogP contribution in [0.3, 0.4) is 0 Å². The van der Waals surface area contributed by atoms with Gasteiger partial charge in [-0.15, -0.1) is 0 Å². The lowest BCUT2D eigenvalue weighted by Gasteiger charge is -2.36. The molecule has 2 aromatic carbocycles. The van der Waals surface area contributed by atoms with E-state index in [4.69, 9.17) is 42.1 Å². The van der Waals surface area contributed by atoms with E-state index < -0.39 is 0 Å². The minimum Gasteiger partial charge on any atom is -0.493 e. The Balaban J connectivity index is 1.29. The highest BCUT2D eigenvalue weighted by Crippen LogP contribution is 2.43. The third-order valence-electron chi connectivity index (χ3n) is 10.3. The van der Waals surface area contributed by atoms with Crippen LogP contribution in [0.25, 0.3) is 6.08 Å². The number of benzene rings is 2. The van der Waals surface area contributed by atoms with Gasteiger partial charge in [0.1, 0.15) is 0 Å². The Morgan fingerprint density at radius 3 is 2.33 bits per heavy atom. The molecule has 52 heavy (non-hydrogen) atoms. The smallest absolute Gasteiger partial charge is 0.254 e. The summed E-state index contributed by atoms with van der Waals surface area (Å²) in [5, 5.41) is 0.988. The number of hydrogen-bond acceptors (Lipinski definition) is 8. The standard InChI is InChI=1S/C40H50Cl2N4O6/c1-6-8-9-10-31-26-43-38(46(31)21-22-52-7-2)36(47)28-13-17-44(18-14-28)19-15-40(30-11-12-32(41)33(42)25-30)16-20-45(27-40)39(48)29-23-34(49-3)37(51-5)35(24-29)50-4/h6,8-12,23-26,28H,7,13-22,27H2,1-5H3/b8-6-,10-9-. The average Bonchev–Trinajstić information content (AvgIpc) is 3.79. The molecule has 0 radical (unpaired) electrons. The fourth-order valence-corrected chi connectivity index (χ4v) is 7.63. The number of Topliss-reactive ketones (excluding diaryl/α,β-unsaturated/α-hetero) is 1. The van der Waals surface area contributed by atoms with Crippen molar-refractivity contribution in [2.45, 2.75) is 51.5 Å². The number of methoxy groups -OCH3 is 3. The van der Waals surface area contributed by atoms with Crippen LogP contribution in [0.15, 0.2) is 54.8 Å². The fraction of sp³-hybridized carbons (Fsp3) is 0.475. The van der Waals surface area contributed by atoms with Gasteiger partial charge in [-0.1, -0.05) is 47.5 Å². The molecule has 0 spiro atoms. The number of aromatic nitrogens is 2. The summed E-state index contributed by atoms with van der Waals surface area (Å²) in [5.41, 5.74) is 2.08. The van der Waals surface area contributed by atoms with Crippen LogP contribution in [0.4, 0.5) is 0 Å². The lowest BCUT2D eigenvalue weighted by Crippen LogP contribution is -2.41. The first-order chi connectivity index (χ1) is 25.2. The summed E-state index contributed by atoms with van der Waals surface area (Å²) in [7, 11) is 4.61. The predicted molar refractivity (Wildman–Crippen MR) is 205 cm³/mol. The number of ether oxygens (including phenoxy) is 4. The highest BCUT2D eigenvalue weighted by atomic mass is 35.5. The van der Waals surface area contributed by atoms with E-state index in [9.17, 15) is 9.59 Å². The lowest BCUT2D eigenvalue weighted by atomic mass is 9.76. The van der Waals surface area contributed by atoms with Crippen molar-refractivity contribution in [3.05, 3.63) is 87.4 Å². The van der Waals surface area contributed by atoms with Crippen LogP contribution < -0.4 is 14.2 Å². The van der Waals surface area contributed by atoms with Gasteiger partial charge in [-0.2, -0.15) is 0 Å². The number of halogens is 2. The maximum absolute atomic E-state index is 14.0. The third-order valence-corrected chi connectivity index (χ3v) is 11.0. The van der Waals surface area contributed by atoms with Crippen LogP contribution in [0, 0.1) is 5.92 Å². The number of ketones is 1. The van der Waals surface area contributed by atoms with E-state index >= 15 is 0 Å². The molecule has 3 heterocycles. The van der Waals surface area contributed by atoms with Crippen molar-refractivity contribution in [3.8, 4) is 17.2 Å². The Kier molecular flexibility index (Phi) is 13.8. The number of hydrogen-bond donors (Lipinski definition) is 0. The van der Waals surface area contributed by atoms with Gasteiger partial charge < -0.3 is 33.3 Å². The molecule has 2 saturated heterocycles. The zero-order chi connectivity index (χ0) is 37.3. The van der Waals surface area contributed by atoms with Crippen LogP contribution in [-0.4, -0.2) is 98.3 Å². The second kappa shape index (κ2) is 18.3. The summed E-state index contributed by atoms with van der Waals surface area (Å²) < 4.78 is 24.1. The number of nitrogens with zero attached hydrogens (tertiary/aromatic N) is 4. The third kappa shape index (κ3) is 8.85. The van der Waals surface area contributed by atoms with E-state index in [1.165, 1.54) is 21.3 Å². The highest BCUT2D eigenvalue weighted by Gasteiger charge is 2.42. The first-order valence-corrected chi connectivity index (χ1v) is 18.7. The zero-order valence-corrected chi connectivity index (χ0v) is 32.3. The van der Waals surface area contributed by atoms with E-state index in [-0.39, 0.29) is 23.0 Å². The summed E-state index contributed by atoms with van der Waals surface area (Å²) in [6, 6.07) is 9.20. The average molecular weight is 754 g/mol. The van der Waals surface area contributed by atoms with Gasteiger partial charge in [-0.25, -0.2) is 4.98 Å². The number of carbonyl (C=O) groups is 2. The fourth-order valence-electron chi connectivity index (χ4n) is 7.34. The molecule has 1 aromatic heterocycles. The van der Waals surface area contributed by atoms with Crippen LogP contribution in [0.1, 0.15) is 71.8 Å². The van der Waals surface area contributed by atoms with E-state index in [1.807, 2.05) is 65.8 Å². The number of piperidine rings is 1. The van der Waals surface area contributed by atoms with E-state index in [0.717, 1.165) is 56.6 Å². The first-order valence-electron chi connectivity index (χ1n) is 17.9. The number of imidazole rings is 1. The molecule has 1 unspecified atom stereocenters. The molecule has 3 aromatic rings. The van der Waals surface area contributed by atoms with E-state index in [1.54, 1.807) is 18.3 Å². The van der Waals surface area contributed by atoms with Gasteiger partial charge in [0.2, 0.25) is 11.5 Å². The number of amides is 1. The molecule has 0 saturated carbocycles. The van der Waals surface area contributed by atoms with Crippen molar-refractivity contribution in [2.75, 3.05) is 67.3 Å². The van der Waals surface area contributed by atoms with Crippen LogP contribution in [-0.2, 0) is 16.7 Å².